The molecule has 1 atom stereocenters. The Morgan fingerprint density at radius 1 is 1.26 bits per heavy atom. The van der Waals surface area contributed by atoms with E-state index in [1.54, 1.807) is 36.4 Å². The summed E-state index contributed by atoms with van der Waals surface area (Å²) >= 11 is 7.29. The molecule has 1 aliphatic rings. The summed E-state index contributed by atoms with van der Waals surface area (Å²) in [6, 6.07) is 6.10. The van der Waals surface area contributed by atoms with Gasteiger partial charge >= 0.3 is 6.18 Å². The van der Waals surface area contributed by atoms with Crippen molar-refractivity contribution in [2.45, 2.75) is 18.7 Å². The summed E-state index contributed by atoms with van der Waals surface area (Å²) in [7, 11) is 1.64. The number of benzene rings is 1. The minimum Gasteiger partial charge on any atom is -0.492 e. The Bertz CT molecular complexity index is 1410. The van der Waals surface area contributed by atoms with Crippen LogP contribution >= 0.6 is 22.9 Å². The molecule has 0 saturated heterocycles. The number of hydrogen-bond acceptors (Lipinski definition) is 9. The smallest absolute Gasteiger partial charge is 0.417 e. The van der Waals surface area contributed by atoms with Crippen molar-refractivity contribution in [3.8, 4) is 5.88 Å². The first kappa shape index (κ1) is 25.0. The van der Waals surface area contributed by atoms with E-state index in [-0.39, 0.29) is 29.6 Å². The Kier molecular flexibility index (Phi) is 7.08. The topological polar surface area (TPSA) is 114 Å². The Morgan fingerprint density at radius 2 is 2.03 bits per heavy atom. The number of fused-ring (bicyclic) bond motifs is 1. The van der Waals surface area contributed by atoms with Gasteiger partial charge in [0.25, 0.3) is 0 Å². The number of halogens is 4. The fourth-order valence-electron chi connectivity index (χ4n) is 3.44. The predicted octanol–water partition coefficient (Wildman–Crippen LogP) is 2.11. The lowest BCUT2D eigenvalue weighted by atomic mass is 10.0. The standard InChI is InChI=1S/C22H19ClF3N5O3S/c1-31(9-14(33)10-32)21-29-20(34)19(35-21)15(11-2-3-17-12(4-11)7-28-30-17)6-18-16(23)5-13(8-27-18)22(24,25)26/h2-5,7-8,14,32-34H,6,9-10H2,1H3. The minimum absolute atomic E-state index is 0.00220. The number of hydrogen-bond donors (Lipinski definition) is 3. The lowest BCUT2D eigenvalue weighted by Gasteiger charge is -2.18. The molecule has 0 spiro atoms. The molecular formula is C22H19ClF3N5O3S. The fourth-order valence-corrected chi connectivity index (χ4v) is 4.66. The van der Waals surface area contributed by atoms with Gasteiger partial charge in [-0.2, -0.15) is 28.4 Å². The first-order valence-corrected chi connectivity index (χ1v) is 11.4. The van der Waals surface area contributed by atoms with Crippen molar-refractivity contribution in [2.24, 2.45) is 10.2 Å². The maximum atomic E-state index is 13.1. The number of aliphatic hydroxyl groups is 2. The molecule has 0 aliphatic carbocycles. The first-order valence-electron chi connectivity index (χ1n) is 10.2. The van der Waals surface area contributed by atoms with Gasteiger partial charge in [-0.15, -0.1) is 0 Å². The normalized spacial score (nSPS) is 14.5. The van der Waals surface area contributed by atoms with E-state index in [0.717, 1.165) is 29.2 Å². The molecule has 0 bridgehead atoms. The first-order chi connectivity index (χ1) is 16.6. The second kappa shape index (κ2) is 9.90. The average Bonchev–Trinajstić information content (AvgIpc) is 3.43. The summed E-state index contributed by atoms with van der Waals surface area (Å²) < 4.78 is 39.2. The maximum Gasteiger partial charge on any atom is 0.417 e. The summed E-state index contributed by atoms with van der Waals surface area (Å²) in [4.78, 5) is 10.0. The van der Waals surface area contributed by atoms with Crippen molar-refractivity contribution >= 4 is 39.9 Å². The molecule has 0 radical (unpaired) electrons. The predicted molar refractivity (Wildman–Crippen MR) is 125 cm³/mol. The number of aromatic nitrogens is 2. The molecule has 3 N–H and O–H groups in total. The number of aliphatic hydroxyl groups excluding tert-OH is 2. The number of anilines is 1. The van der Waals surface area contributed by atoms with Crippen LogP contribution in [0.4, 0.5) is 18.3 Å². The quantitative estimate of drug-likeness (QED) is 0.435. The van der Waals surface area contributed by atoms with Crippen LogP contribution in [-0.4, -0.2) is 57.8 Å². The molecule has 1 aliphatic heterocycles. The third-order valence-corrected chi connectivity index (χ3v) is 6.77. The molecule has 2 aromatic heterocycles. The van der Waals surface area contributed by atoms with Crippen molar-refractivity contribution in [1.82, 2.24) is 9.97 Å². The van der Waals surface area contributed by atoms with E-state index < -0.39 is 24.5 Å². The van der Waals surface area contributed by atoms with Gasteiger partial charge in [-0.25, -0.2) is 0 Å². The van der Waals surface area contributed by atoms with E-state index in [1.165, 1.54) is 0 Å². The average molecular weight is 526 g/mol. The second-order valence-corrected chi connectivity index (χ2v) is 9.17. The monoisotopic (exact) mass is 525 g/mol. The highest BCUT2D eigenvalue weighted by Crippen LogP contribution is 2.37. The third-order valence-electron chi connectivity index (χ3n) is 5.22. The van der Waals surface area contributed by atoms with Crippen LogP contribution in [0.1, 0.15) is 21.7 Å². The summed E-state index contributed by atoms with van der Waals surface area (Å²) in [5, 5.41) is 38.9. The Labute approximate surface area is 206 Å². The van der Waals surface area contributed by atoms with Gasteiger partial charge < -0.3 is 20.2 Å². The van der Waals surface area contributed by atoms with Gasteiger partial charge in [0.1, 0.15) is 0 Å². The molecule has 0 saturated carbocycles. The Balaban J connectivity index is 1.82. The van der Waals surface area contributed by atoms with Gasteiger partial charge in [0, 0.05) is 31.8 Å². The maximum absolute atomic E-state index is 13.1. The van der Waals surface area contributed by atoms with Crippen molar-refractivity contribution in [3.05, 3.63) is 67.8 Å². The van der Waals surface area contributed by atoms with E-state index in [1.807, 2.05) is 0 Å². The molecule has 1 unspecified atom stereocenters. The highest BCUT2D eigenvalue weighted by atomic mass is 35.5. The van der Waals surface area contributed by atoms with Crippen LogP contribution in [0.15, 0.2) is 40.7 Å². The molecule has 1 aromatic carbocycles. The molecular weight excluding hydrogens is 507 g/mol. The lowest BCUT2D eigenvalue weighted by Crippen LogP contribution is -2.31. The van der Waals surface area contributed by atoms with Gasteiger partial charge in [0.2, 0.25) is 5.88 Å². The zero-order valence-corrected chi connectivity index (χ0v) is 19.7. The van der Waals surface area contributed by atoms with Crippen molar-refractivity contribution in [1.29, 1.82) is 0 Å². The molecule has 3 aromatic rings. The zero-order valence-electron chi connectivity index (χ0n) is 18.2. The molecule has 8 nitrogen and oxygen atoms in total. The third kappa shape index (κ3) is 5.45. The van der Waals surface area contributed by atoms with Gasteiger partial charge in [-0.1, -0.05) is 29.0 Å². The van der Waals surface area contributed by atoms with E-state index in [2.05, 4.69) is 20.2 Å². The number of aromatic hydroxyl groups is 1. The van der Waals surface area contributed by atoms with E-state index >= 15 is 0 Å². The summed E-state index contributed by atoms with van der Waals surface area (Å²) in [5.41, 5.74) is 0.487. The number of nitrogens with zero attached hydrogens (tertiary/aromatic N) is 5. The molecule has 0 fully saturated rings. The molecule has 35 heavy (non-hydrogen) atoms. The van der Waals surface area contributed by atoms with Crippen LogP contribution in [0.2, 0.25) is 5.02 Å². The molecule has 13 heteroatoms. The molecule has 3 heterocycles. The van der Waals surface area contributed by atoms with Gasteiger partial charge in [-0.05, 0) is 29.0 Å². The summed E-state index contributed by atoms with van der Waals surface area (Å²) in [6.07, 6.45) is -3.30. The highest BCUT2D eigenvalue weighted by molar-refractivity contribution is 7.17. The van der Waals surface area contributed by atoms with Gasteiger partial charge in [0.05, 0.1) is 45.4 Å². The number of thiazole rings is 1. The highest BCUT2D eigenvalue weighted by Gasteiger charge is 2.32. The summed E-state index contributed by atoms with van der Waals surface area (Å²) in [5.74, 6) is -0.299. The van der Waals surface area contributed by atoms with E-state index in [4.69, 9.17) is 16.7 Å². The molecule has 0 amide bonds. The van der Waals surface area contributed by atoms with Gasteiger partial charge in [0.15, 0.2) is 5.13 Å². The van der Waals surface area contributed by atoms with Crippen LogP contribution in [0.5, 0.6) is 5.88 Å². The van der Waals surface area contributed by atoms with Gasteiger partial charge in [-0.3, -0.25) is 4.98 Å². The zero-order chi connectivity index (χ0) is 25.3. The lowest BCUT2D eigenvalue weighted by molar-refractivity contribution is -0.137. The van der Waals surface area contributed by atoms with Crippen LogP contribution in [-0.2, 0) is 12.6 Å². The summed E-state index contributed by atoms with van der Waals surface area (Å²) in [6.45, 7) is -0.368. The van der Waals surface area contributed by atoms with Crippen LogP contribution in [0, 0.1) is 0 Å². The number of alkyl halides is 3. The number of likely N-dealkylation sites (N-methyl/N-ethyl adjacent to an activating group) is 1. The van der Waals surface area contributed by atoms with Crippen LogP contribution < -0.4 is 15.5 Å². The van der Waals surface area contributed by atoms with Crippen molar-refractivity contribution < 1.29 is 28.5 Å². The van der Waals surface area contributed by atoms with E-state index in [0.29, 0.717) is 26.2 Å². The van der Waals surface area contributed by atoms with E-state index in [9.17, 15) is 23.4 Å². The Morgan fingerprint density at radius 3 is 2.71 bits per heavy atom. The number of rotatable bonds is 7. The molecule has 4 rings (SSSR count). The Hall–Kier alpha value is -3.06. The second-order valence-electron chi connectivity index (χ2n) is 7.79. The number of pyridine rings is 1. The largest absolute Gasteiger partial charge is 0.492 e. The fraction of sp³-hybridized carbons (Fsp3) is 0.273. The van der Waals surface area contributed by atoms with Crippen LogP contribution in [0.25, 0.3) is 5.57 Å². The van der Waals surface area contributed by atoms with Crippen LogP contribution in [0.3, 0.4) is 0 Å². The SMILES string of the molecule is CN(CC(O)CO)c1nc(O)c(C(Cc2ncc(C(F)(F)F)cc2Cl)=c2ccc3c(c2)C=NN=3)s1. The van der Waals surface area contributed by atoms with Crippen molar-refractivity contribution in [3.63, 3.8) is 0 Å². The minimum atomic E-state index is -4.58. The van der Waals surface area contributed by atoms with Crippen molar-refractivity contribution in [2.75, 3.05) is 25.1 Å². The molecule has 184 valence electrons.